The van der Waals surface area contributed by atoms with Gasteiger partial charge in [0, 0.05) is 31.6 Å². The van der Waals surface area contributed by atoms with Crippen LogP contribution < -0.4 is 10.6 Å². The number of nitrogens with zero attached hydrogens (tertiary/aromatic N) is 2. The minimum absolute atomic E-state index is 0.693. The molecule has 0 atom stereocenters. The lowest BCUT2D eigenvalue weighted by Gasteiger charge is -2.22. The van der Waals surface area contributed by atoms with Crippen molar-refractivity contribution in [3.05, 3.63) is 49.7 Å². The number of nitrogens with two attached hydrogens (primary N) is 1. The summed E-state index contributed by atoms with van der Waals surface area (Å²) in [6, 6.07) is 8.19. The molecule has 2 aromatic heterocycles. The van der Waals surface area contributed by atoms with Crippen LogP contribution in [-0.4, -0.2) is 12.0 Å². The highest BCUT2D eigenvalue weighted by Gasteiger charge is 2.13. The summed E-state index contributed by atoms with van der Waals surface area (Å²) < 4.78 is 2.14. The Kier molecular flexibility index (Phi) is 4.19. The number of benzene rings is 1. The smallest absolute Gasteiger partial charge is 0.0745 e. The predicted molar refractivity (Wildman–Crippen MR) is 98.0 cm³/mol. The molecule has 0 aliphatic rings. The second-order valence-electron chi connectivity index (χ2n) is 4.81. The van der Waals surface area contributed by atoms with Crippen LogP contribution in [0.2, 0.25) is 0 Å². The molecule has 3 rings (SSSR count). The lowest BCUT2D eigenvalue weighted by Crippen LogP contribution is -2.17. The van der Waals surface area contributed by atoms with E-state index in [1.54, 1.807) is 17.5 Å². The molecule has 0 amide bonds. The van der Waals surface area contributed by atoms with Gasteiger partial charge in [0.05, 0.1) is 29.6 Å². The summed E-state index contributed by atoms with van der Waals surface area (Å²) in [4.78, 5) is 7.85. The molecule has 0 fully saturated rings. The number of nitrogen functional groups attached to an aromatic ring is 1. The van der Waals surface area contributed by atoms with Gasteiger partial charge < -0.3 is 10.6 Å². The molecule has 0 bridgehead atoms. The van der Waals surface area contributed by atoms with Crippen molar-refractivity contribution in [1.29, 1.82) is 0 Å². The summed E-state index contributed by atoms with van der Waals surface area (Å²) in [5.74, 6) is 0. The third-order valence-electron chi connectivity index (χ3n) is 3.23. The van der Waals surface area contributed by atoms with E-state index in [-0.39, 0.29) is 0 Å². The summed E-state index contributed by atoms with van der Waals surface area (Å²) >= 11 is 8.74. The fraction of sp³-hybridized carbons (Fsp3) is 0.133. The largest absolute Gasteiger partial charge is 0.396 e. The molecule has 0 unspecified atom stereocenters. The van der Waals surface area contributed by atoms with E-state index in [2.05, 4.69) is 66.3 Å². The molecule has 6 heteroatoms. The Morgan fingerprint density at radius 1 is 1.24 bits per heavy atom. The third-order valence-corrected chi connectivity index (χ3v) is 5.40. The van der Waals surface area contributed by atoms with Crippen molar-refractivity contribution in [2.24, 2.45) is 0 Å². The maximum Gasteiger partial charge on any atom is 0.0745 e. The highest BCUT2D eigenvalue weighted by molar-refractivity contribution is 9.10. The molecule has 0 saturated heterocycles. The van der Waals surface area contributed by atoms with Crippen molar-refractivity contribution < 1.29 is 0 Å². The molecule has 0 saturated carbocycles. The Labute approximate surface area is 144 Å². The molecule has 0 aliphatic heterocycles. The zero-order chi connectivity index (χ0) is 15.0. The van der Waals surface area contributed by atoms with E-state index in [0.717, 1.165) is 32.1 Å². The maximum absolute atomic E-state index is 6.17. The summed E-state index contributed by atoms with van der Waals surface area (Å²) in [6.45, 7) is 0.812. The van der Waals surface area contributed by atoms with E-state index in [1.165, 1.54) is 4.88 Å². The van der Waals surface area contributed by atoms with Crippen LogP contribution in [0.5, 0.6) is 0 Å². The third kappa shape index (κ3) is 3.07. The van der Waals surface area contributed by atoms with E-state index in [0.29, 0.717) is 5.69 Å². The topological polar surface area (TPSA) is 42.1 Å². The Hall–Kier alpha value is -1.11. The summed E-state index contributed by atoms with van der Waals surface area (Å²) in [5.41, 5.74) is 8.83. The number of hydrogen-bond donors (Lipinski definition) is 1. The molecule has 108 valence electrons. The minimum atomic E-state index is 0.693. The number of fused-ring (bicyclic) bond motifs is 1. The molecule has 3 nitrogen and oxygen atoms in total. The Morgan fingerprint density at radius 3 is 2.76 bits per heavy atom. The number of hydrogen-bond acceptors (Lipinski definition) is 4. The average molecular weight is 427 g/mol. The molecule has 0 radical (unpaired) electrons. The van der Waals surface area contributed by atoms with Gasteiger partial charge in [-0.2, -0.15) is 0 Å². The first kappa shape index (κ1) is 14.8. The summed E-state index contributed by atoms with van der Waals surface area (Å²) in [5, 5.41) is 3.15. The van der Waals surface area contributed by atoms with Gasteiger partial charge in [-0.25, -0.2) is 0 Å². The minimum Gasteiger partial charge on any atom is -0.396 e. The van der Waals surface area contributed by atoms with Crippen LogP contribution in [0.1, 0.15) is 4.88 Å². The van der Waals surface area contributed by atoms with Crippen LogP contribution in [0.4, 0.5) is 11.4 Å². The molecule has 2 N–H and O–H groups in total. The van der Waals surface area contributed by atoms with Crippen LogP contribution in [-0.2, 0) is 6.54 Å². The number of aromatic nitrogens is 1. The number of halogens is 2. The molecule has 3 aromatic rings. The fourth-order valence-corrected chi connectivity index (χ4v) is 4.21. The van der Waals surface area contributed by atoms with E-state index >= 15 is 0 Å². The van der Waals surface area contributed by atoms with E-state index < -0.39 is 0 Å². The van der Waals surface area contributed by atoms with E-state index in [1.807, 2.05) is 12.1 Å². The Morgan fingerprint density at radius 2 is 2.05 bits per heavy atom. The SMILES string of the molecule is CN(Cc1cc(Br)cs1)c1c(N)cnc2ccc(Br)cc12. The predicted octanol–water partition coefficient (Wildman–Crippen LogP) is 5.04. The van der Waals surface area contributed by atoms with Gasteiger partial charge in [0.25, 0.3) is 0 Å². The van der Waals surface area contributed by atoms with Gasteiger partial charge in [0.2, 0.25) is 0 Å². The molecule has 0 aliphatic carbocycles. The Bertz CT molecular complexity index is 795. The maximum atomic E-state index is 6.17. The van der Waals surface area contributed by atoms with Crippen molar-refractivity contribution in [2.75, 3.05) is 17.7 Å². The molecule has 2 heterocycles. The first-order chi connectivity index (χ1) is 10.0. The van der Waals surface area contributed by atoms with Crippen LogP contribution in [0.15, 0.2) is 44.8 Å². The van der Waals surface area contributed by atoms with Gasteiger partial charge in [-0.3, -0.25) is 4.98 Å². The van der Waals surface area contributed by atoms with Crippen LogP contribution >= 0.6 is 43.2 Å². The van der Waals surface area contributed by atoms with Gasteiger partial charge in [-0.05, 0) is 40.2 Å². The van der Waals surface area contributed by atoms with Gasteiger partial charge in [-0.15, -0.1) is 11.3 Å². The van der Waals surface area contributed by atoms with Gasteiger partial charge in [0.15, 0.2) is 0 Å². The first-order valence-corrected chi connectivity index (χ1v) is 8.79. The lowest BCUT2D eigenvalue weighted by atomic mass is 10.1. The number of thiophene rings is 1. The van der Waals surface area contributed by atoms with Crippen LogP contribution in [0.3, 0.4) is 0 Å². The second-order valence-corrected chi connectivity index (χ2v) is 7.64. The van der Waals surface area contributed by atoms with Crippen molar-refractivity contribution in [1.82, 2.24) is 4.98 Å². The average Bonchev–Trinajstić information content (AvgIpc) is 2.83. The lowest BCUT2D eigenvalue weighted by molar-refractivity contribution is 0.946. The first-order valence-electron chi connectivity index (χ1n) is 6.32. The summed E-state index contributed by atoms with van der Waals surface area (Å²) in [6.07, 6.45) is 1.73. The fourth-order valence-electron chi connectivity index (χ4n) is 2.34. The molecule has 1 aromatic carbocycles. The normalized spacial score (nSPS) is 11.0. The highest BCUT2D eigenvalue weighted by atomic mass is 79.9. The van der Waals surface area contributed by atoms with E-state index in [4.69, 9.17) is 5.73 Å². The number of rotatable bonds is 3. The zero-order valence-corrected chi connectivity index (χ0v) is 15.3. The van der Waals surface area contributed by atoms with Crippen molar-refractivity contribution in [3.8, 4) is 0 Å². The van der Waals surface area contributed by atoms with Gasteiger partial charge >= 0.3 is 0 Å². The van der Waals surface area contributed by atoms with Crippen LogP contribution in [0.25, 0.3) is 10.9 Å². The van der Waals surface area contributed by atoms with Crippen LogP contribution in [0, 0.1) is 0 Å². The molecular weight excluding hydrogens is 414 g/mol. The van der Waals surface area contributed by atoms with Crippen molar-refractivity contribution in [3.63, 3.8) is 0 Å². The highest BCUT2D eigenvalue weighted by Crippen LogP contribution is 2.34. The molecular formula is C15H13Br2N3S. The van der Waals surface area contributed by atoms with Crippen molar-refractivity contribution in [2.45, 2.75) is 6.54 Å². The second kappa shape index (κ2) is 5.94. The number of anilines is 2. The van der Waals surface area contributed by atoms with Crippen molar-refractivity contribution >= 4 is 65.5 Å². The molecule has 21 heavy (non-hydrogen) atoms. The van der Waals surface area contributed by atoms with E-state index in [9.17, 15) is 0 Å². The monoisotopic (exact) mass is 425 g/mol. The standard InChI is InChI=1S/C15H13Br2N3S/c1-20(7-11-4-10(17)8-21-11)15-12-5-9(16)2-3-14(12)19-6-13(15)18/h2-6,8H,7,18H2,1H3. The quantitative estimate of drug-likeness (QED) is 0.637. The number of pyridine rings is 1. The summed E-state index contributed by atoms with van der Waals surface area (Å²) in [7, 11) is 2.06. The zero-order valence-electron chi connectivity index (χ0n) is 11.3. The van der Waals surface area contributed by atoms with Gasteiger partial charge in [0.1, 0.15) is 0 Å². The van der Waals surface area contributed by atoms with Gasteiger partial charge in [-0.1, -0.05) is 15.9 Å². The molecule has 0 spiro atoms. The Balaban J connectivity index is 2.05.